The molecule has 0 fully saturated rings. The first-order valence-electron chi connectivity index (χ1n) is 9.82. The first-order chi connectivity index (χ1) is 15.5. The van der Waals surface area contributed by atoms with Crippen molar-refractivity contribution in [1.29, 1.82) is 10.5 Å². The lowest BCUT2D eigenvalue weighted by molar-refractivity contribution is -0.384. The van der Waals surface area contributed by atoms with Crippen molar-refractivity contribution in [2.45, 2.75) is 25.7 Å². The van der Waals surface area contributed by atoms with Gasteiger partial charge in [-0.3, -0.25) is 14.9 Å². The van der Waals surface area contributed by atoms with E-state index in [4.69, 9.17) is 4.42 Å². The van der Waals surface area contributed by atoms with Crippen molar-refractivity contribution in [2.75, 3.05) is 5.32 Å². The Labute approximate surface area is 187 Å². The Bertz CT molecular complexity index is 1320. The van der Waals surface area contributed by atoms with Crippen molar-refractivity contribution in [3.8, 4) is 23.5 Å². The number of non-ortho nitro benzene ring substituents is 1. The van der Waals surface area contributed by atoms with Gasteiger partial charge in [-0.15, -0.1) is 11.3 Å². The maximum atomic E-state index is 12.7. The van der Waals surface area contributed by atoms with Crippen LogP contribution in [0.1, 0.15) is 34.6 Å². The van der Waals surface area contributed by atoms with E-state index in [9.17, 15) is 25.4 Å². The Morgan fingerprint density at radius 2 is 1.91 bits per heavy atom. The van der Waals surface area contributed by atoms with E-state index in [1.807, 2.05) is 6.07 Å². The second-order valence-electron chi connectivity index (χ2n) is 7.16. The molecule has 32 heavy (non-hydrogen) atoms. The molecular weight excluding hydrogens is 428 g/mol. The zero-order valence-electron chi connectivity index (χ0n) is 16.8. The van der Waals surface area contributed by atoms with Crippen molar-refractivity contribution >= 4 is 34.0 Å². The number of thiophene rings is 1. The number of nitro groups is 1. The van der Waals surface area contributed by atoms with Crippen LogP contribution in [0.2, 0.25) is 0 Å². The number of nitrogens with zero attached hydrogens (tertiary/aromatic N) is 3. The Hall–Kier alpha value is -4.21. The normalized spacial score (nSPS) is 13.0. The van der Waals surface area contributed by atoms with Gasteiger partial charge in [0.05, 0.1) is 10.5 Å². The summed E-state index contributed by atoms with van der Waals surface area (Å²) in [7, 11) is 0. The topological polar surface area (TPSA) is 133 Å². The highest BCUT2D eigenvalue weighted by Crippen LogP contribution is 2.37. The van der Waals surface area contributed by atoms with E-state index in [0.717, 1.165) is 36.1 Å². The van der Waals surface area contributed by atoms with E-state index >= 15 is 0 Å². The third kappa shape index (κ3) is 4.15. The highest BCUT2D eigenvalue weighted by atomic mass is 32.1. The van der Waals surface area contributed by atoms with Crippen molar-refractivity contribution in [1.82, 2.24) is 0 Å². The van der Waals surface area contributed by atoms with E-state index in [2.05, 4.69) is 11.4 Å². The van der Waals surface area contributed by atoms with Gasteiger partial charge in [0, 0.05) is 28.6 Å². The van der Waals surface area contributed by atoms with Crippen LogP contribution in [-0.4, -0.2) is 10.8 Å². The number of fused-ring (bicyclic) bond motifs is 1. The minimum absolute atomic E-state index is 0.0316. The van der Waals surface area contributed by atoms with Crippen LogP contribution in [-0.2, 0) is 17.6 Å². The van der Waals surface area contributed by atoms with Crippen molar-refractivity contribution in [3.05, 3.63) is 73.8 Å². The zero-order chi connectivity index (χ0) is 22.7. The fourth-order valence-corrected chi connectivity index (χ4v) is 4.80. The molecule has 8 nitrogen and oxygen atoms in total. The number of carbonyl (C=O) groups is 1. The molecule has 158 valence electrons. The quantitative estimate of drug-likeness (QED) is 0.248. The van der Waals surface area contributed by atoms with E-state index in [0.29, 0.717) is 21.9 Å². The van der Waals surface area contributed by atoms with Gasteiger partial charge in [0.15, 0.2) is 0 Å². The molecule has 0 bridgehead atoms. The third-order valence-electron chi connectivity index (χ3n) is 5.15. The summed E-state index contributed by atoms with van der Waals surface area (Å²) in [4.78, 5) is 24.1. The van der Waals surface area contributed by atoms with E-state index in [1.54, 1.807) is 24.3 Å². The summed E-state index contributed by atoms with van der Waals surface area (Å²) in [6, 6.07) is 13.2. The summed E-state index contributed by atoms with van der Waals surface area (Å²) < 4.78 is 5.69. The number of benzene rings is 1. The van der Waals surface area contributed by atoms with Crippen LogP contribution < -0.4 is 5.32 Å². The maximum absolute atomic E-state index is 12.7. The molecule has 1 amide bonds. The second kappa shape index (κ2) is 8.88. The summed E-state index contributed by atoms with van der Waals surface area (Å²) in [6.45, 7) is 0. The molecule has 9 heteroatoms. The van der Waals surface area contributed by atoms with Crippen molar-refractivity contribution in [2.24, 2.45) is 0 Å². The molecule has 3 aromatic rings. The monoisotopic (exact) mass is 444 g/mol. The fraction of sp³-hybridized carbons (Fsp3) is 0.174. The van der Waals surface area contributed by atoms with Crippen LogP contribution in [0.25, 0.3) is 17.4 Å². The fourth-order valence-electron chi connectivity index (χ4n) is 3.57. The molecule has 0 saturated heterocycles. The standard InChI is InChI=1S/C23H16N4O4S/c24-12-15(22(28)26-23-19(13-25)18-3-1-2-4-21(18)32-23)11-17-9-10-20(31-17)14-5-7-16(8-6-14)27(29)30/h5-11H,1-4H2,(H,26,28). The minimum Gasteiger partial charge on any atom is -0.457 e. The van der Waals surface area contributed by atoms with Gasteiger partial charge in [0.1, 0.15) is 34.2 Å². The van der Waals surface area contributed by atoms with E-state index in [-0.39, 0.29) is 17.0 Å². The van der Waals surface area contributed by atoms with Crippen molar-refractivity contribution < 1.29 is 14.1 Å². The number of nitro benzene ring substituents is 1. The minimum atomic E-state index is -0.615. The molecule has 0 atom stereocenters. The molecular formula is C23H16N4O4S. The number of anilines is 1. The number of nitriles is 2. The summed E-state index contributed by atoms with van der Waals surface area (Å²) >= 11 is 1.39. The lowest BCUT2D eigenvalue weighted by Gasteiger charge is -2.09. The van der Waals surface area contributed by atoms with Gasteiger partial charge in [-0.25, -0.2) is 0 Å². The average Bonchev–Trinajstić information content (AvgIpc) is 3.41. The predicted octanol–water partition coefficient (Wildman–Crippen LogP) is 5.21. The lowest BCUT2D eigenvalue weighted by atomic mass is 9.96. The van der Waals surface area contributed by atoms with E-state index in [1.165, 1.54) is 29.5 Å². The number of carbonyl (C=O) groups excluding carboxylic acids is 1. The molecule has 0 aliphatic heterocycles. The highest BCUT2D eigenvalue weighted by molar-refractivity contribution is 7.16. The van der Waals surface area contributed by atoms with Crippen LogP contribution in [0.15, 0.2) is 46.4 Å². The molecule has 0 unspecified atom stereocenters. The van der Waals surface area contributed by atoms with Crippen molar-refractivity contribution in [3.63, 3.8) is 0 Å². The van der Waals surface area contributed by atoms with Gasteiger partial charge in [0.2, 0.25) is 0 Å². The van der Waals surface area contributed by atoms with Crippen LogP contribution in [0.3, 0.4) is 0 Å². The van der Waals surface area contributed by atoms with Crippen LogP contribution in [0.5, 0.6) is 0 Å². The number of hydrogen-bond donors (Lipinski definition) is 1. The average molecular weight is 444 g/mol. The third-order valence-corrected chi connectivity index (χ3v) is 6.36. The summed E-state index contributed by atoms with van der Waals surface area (Å²) in [5.74, 6) is 0.119. The number of aryl methyl sites for hydroxylation is 1. The second-order valence-corrected chi connectivity index (χ2v) is 8.26. The summed E-state index contributed by atoms with van der Waals surface area (Å²) in [5, 5.41) is 33.0. The first-order valence-corrected chi connectivity index (χ1v) is 10.6. The molecule has 1 N–H and O–H groups in total. The number of hydrogen-bond acceptors (Lipinski definition) is 7. The van der Waals surface area contributed by atoms with Gasteiger partial charge >= 0.3 is 0 Å². The molecule has 4 rings (SSSR count). The smallest absolute Gasteiger partial charge is 0.269 e. The van der Waals surface area contributed by atoms with Crippen LogP contribution in [0, 0.1) is 32.8 Å². The Balaban J connectivity index is 1.54. The molecule has 1 aromatic carbocycles. The molecule has 1 aliphatic carbocycles. The Morgan fingerprint density at radius 3 is 2.59 bits per heavy atom. The number of nitrogens with one attached hydrogen (secondary N) is 1. The number of rotatable bonds is 5. The van der Waals surface area contributed by atoms with Crippen LogP contribution >= 0.6 is 11.3 Å². The molecule has 2 aromatic heterocycles. The Morgan fingerprint density at radius 1 is 1.16 bits per heavy atom. The van der Waals surface area contributed by atoms with Crippen LogP contribution in [0.4, 0.5) is 10.7 Å². The SMILES string of the molecule is N#CC(=Cc1ccc(-c2ccc([N+](=O)[O-])cc2)o1)C(=O)Nc1sc2c(c1C#N)CCCC2. The summed E-state index contributed by atoms with van der Waals surface area (Å²) in [5.41, 5.74) is 1.91. The molecule has 1 aliphatic rings. The van der Waals surface area contributed by atoms with Gasteiger partial charge in [0.25, 0.3) is 11.6 Å². The summed E-state index contributed by atoms with van der Waals surface area (Å²) in [6.07, 6.45) is 5.12. The number of furan rings is 1. The number of amides is 1. The first kappa shape index (κ1) is 21.0. The van der Waals surface area contributed by atoms with Gasteiger partial charge in [-0.1, -0.05) is 0 Å². The van der Waals surface area contributed by atoms with Gasteiger partial charge in [-0.05, 0) is 55.5 Å². The maximum Gasteiger partial charge on any atom is 0.269 e. The molecule has 0 radical (unpaired) electrons. The van der Waals surface area contributed by atoms with Gasteiger partial charge < -0.3 is 9.73 Å². The molecule has 0 saturated carbocycles. The Kier molecular flexibility index (Phi) is 5.84. The van der Waals surface area contributed by atoms with Gasteiger partial charge in [-0.2, -0.15) is 10.5 Å². The predicted molar refractivity (Wildman–Crippen MR) is 119 cm³/mol. The highest BCUT2D eigenvalue weighted by Gasteiger charge is 2.23. The largest absolute Gasteiger partial charge is 0.457 e. The lowest BCUT2D eigenvalue weighted by Crippen LogP contribution is -2.13. The molecule has 2 heterocycles. The molecule has 0 spiro atoms. The van der Waals surface area contributed by atoms with E-state index < -0.39 is 10.8 Å². The zero-order valence-corrected chi connectivity index (χ0v) is 17.6.